The van der Waals surface area contributed by atoms with Gasteiger partial charge in [0.25, 0.3) is 0 Å². The second kappa shape index (κ2) is 19.5. The van der Waals surface area contributed by atoms with Crippen molar-refractivity contribution < 1.29 is 30.5 Å². The van der Waals surface area contributed by atoms with Crippen LogP contribution >= 0.6 is 0 Å². The molecule has 0 fully saturated rings. The van der Waals surface area contributed by atoms with Crippen molar-refractivity contribution in [2.45, 2.75) is 66.2 Å². The molecule has 12 rings (SSSR count). The average Bonchev–Trinajstić information content (AvgIpc) is 3.92. The van der Waals surface area contributed by atoms with Gasteiger partial charge in [-0.3, -0.25) is 9.58 Å². The van der Waals surface area contributed by atoms with Gasteiger partial charge in [0, 0.05) is 75.1 Å². The van der Waals surface area contributed by atoms with E-state index in [2.05, 4.69) is 146 Å². The van der Waals surface area contributed by atoms with Gasteiger partial charge < -0.3 is 14.4 Å². The van der Waals surface area contributed by atoms with Crippen LogP contribution in [0.5, 0.6) is 23.0 Å². The first kappa shape index (κ1) is 48.6. The van der Waals surface area contributed by atoms with Gasteiger partial charge in [0.1, 0.15) is 23.1 Å². The third kappa shape index (κ3) is 9.12. The van der Waals surface area contributed by atoms with Crippen LogP contribution in [0.1, 0.15) is 72.7 Å². The molecular weight excluding hydrogens is 1080 g/mol. The smallest absolute Gasteiger partial charge is 0.509 e. The molecule has 4 aromatic heterocycles. The zero-order valence-electron chi connectivity index (χ0n) is 42.0. The van der Waals surface area contributed by atoms with E-state index in [1.54, 1.807) is 0 Å². The van der Waals surface area contributed by atoms with Crippen LogP contribution < -0.4 is 19.3 Å². The molecule has 0 spiro atoms. The number of rotatable bonds is 8. The van der Waals surface area contributed by atoms with Gasteiger partial charge in [-0.15, -0.1) is 36.4 Å². The Kier molecular flexibility index (Phi) is 13.0. The first-order valence-corrected chi connectivity index (χ1v) is 24.2. The fraction of sp³-hybridized carbons (Fsp3) is 0.161. The zero-order valence-corrected chi connectivity index (χ0v) is 44.3. The van der Waals surface area contributed by atoms with Crippen molar-refractivity contribution in [2.24, 2.45) is 0 Å². The molecule has 6 aromatic carbocycles. The van der Waals surface area contributed by atoms with Crippen molar-refractivity contribution in [3.05, 3.63) is 239 Å². The molecule has 0 saturated carbocycles. The maximum Gasteiger partial charge on any atom is 2.00 e. The predicted molar refractivity (Wildman–Crippen MR) is 286 cm³/mol. The van der Waals surface area contributed by atoms with Crippen molar-refractivity contribution in [3.8, 4) is 34.4 Å². The van der Waals surface area contributed by atoms with Gasteiger partial charge in [-0.2, -0.15) is 22.3 Å². The minimum atomic E-state index is -0.164. The zero-order chi connectivity index (χ0) is 49.7. The van der Waals surface area contributed by atoms with E-state index in [4.69, 9.17) is 19.4 Å². The Morgan fingerprint density at radius 2 is 0.890 bits per heavy atom. The third-order valence-corrected chi connectivity index (χ3v) is 13.6. The molecular formula is C62H54N8O2Pt. The van der Waals surface area contributed by atoms with Gasteiger partial charge >= 0.3 is 21.1 Å². The van der Waals surface area contributed by atoms with Crippen LogP contribution in [0.2, 0.25) is 0 Å². The van der Waals surface area contributed by atoms with Crippen LogP contribution in [0.3, 0.4) is 0 Å². The number of anilines is 6. The van der Waals surface area contributed by atoms with Crippen LogP contribution in [0, 0.1) is 39.8 Å². The molecule has 0 radical (unpaired) electrons. The Labute approximate surface area is 441 Å². The van der Waals surface area contributed by atoms with Crippen LogP contribution in [0.25, 0.3) is 11.4 Å². The summed E-state index contributed by atoms with van der Waals surface area (Å²) >= 11 is 0. The van der Waals surface area contributed by atoms with Crippen molar-refractivity contribution in [2.75, 3.05) is 9.80 Å². The number of benzene rings is 6. The van der Waals surface area contributed by atoms with Gasteiger partial charge in [-0.1, -0.05) is 94.0 Å². The summed E-state index contributed by atoms with van der Waals surface area (Å²) in [6.07, 6.45) is 3.70. The number of aryl methyl sites for hydroxylation is 4. The largest absolute Gasteiger partial charge is 2.00 e. The summed E-state index contributed by atoms with van der Waals surface area (Å²) in [5.74, 6) is 4.59. The summed E-state index contributed by atoms with van der Waals surface area (Å²) < 4.78 is 16.4. The Bertz CT molecular complexity index is 3310. The maximum atomic E-state index is 6.35. The fourth-order valence-electron chi connectivity index (χ4n) is 10.2. The molecule has 10 aromatic rings. The minimum absolute atomic E-state index is 0. The number of para-hydroxylation sites is 2. The topological polar surface area (TPSA) is 86.4 Å². The molecule has 10 nitrogen and oxygen atoms in total. The van der Waals surface area contributed by atoms with Crippen molar-refractivity contribution in [1.29, 1.82) is 0 Å². The number of fused-ring (bicyclic) bond motifs is 4. The molecule has 0 unspecified atom stereocenters. The van der Waals surface area contributed by atoms with E-state index < -0.39 is 0 Å². The van der Waals surface area contributed by atoms with E-state index in [9.17, 15) is 0 Å². The van der Waals surface area contributed by atoms with Gasteiger partial charge in [-0.25, -0.2) is 14.6 Å². The Balaban J connectivity index is 0.000000165. The van der Waals surface area contributed by atoms with Crippen molar-refractivity contribution in [1.82, 2.24) is 29.5 Å². The molecule has 364 valence electrons. The molecule has 0 aliphatic carbocycles. The molecule has 2 aliphatic heterocycles. The second-order valence-electron chi connectivity index (χ2n) is 19.4. The summed E-state index contributed by atoms with van der Waals surface area (Å²) in [5.41, 5.74) is 14.6. The van der Waals surface area contributed by atoms with Crippen LogP contribution in [-0.4, -0.2) is 29.5 Å². The molecule has 0 N–H and O–H groups in total. The van der Waals surface area contributed by atoms with Crippen molar-refractivity contribution >= 4 is 34.4 Å². The van der Waals surface area contributed by atoms with E-state index in [0.29, 0.717) is 11.5 Å². The molecule has 0 atom stereocenters. The molecule has 0 saturated heterocycles. The SMILES string of the molecule is Cc1cc(C)n(-c2[c-]c(Oc3[c-]c(N4c5ccccc5C(C)(C)c5cccnc54)ccc3)ccc2)n1.Cc1cc(C)n(-c2cccc(Oc3cccc(N4c5ccccc5C(C)(C)c5cccnc54)c3)c2)n1.[Pt+2]. The quantitative estimate of drug-likeness (QED) is 0.139. The van der Waals surface area contributed by atoms with Gasteiger partial charge in [0.05, 0.1) is 28.5 Å². The van der Waals surface area contributed by atoms with E-state index in [1.165, 1.54) is 22.3 Å². The van der Waals surface area contributed by atoms with E-state index >= 15 is 0 Å². The van der Waals surface area contributed by atoms with Crippen LogP contribution in [-0.2, 0) is 31.9 Å². The van der Waals surface area contributed by atoms with E-state index in [-0.39, 0.29) is 31.9 Å². The molecule has 0 amide bonds. The Hall–Kier alpha value is -8.07. The van der Waals surface area contributed by atoms with Gasteiger partial charge in [0.2, 0.25) is 0 Å². The second-order valence-corrected chi connectivity index (χ2v) is 19.4. The molecule has 11 heteroatoms. The normalized spacial score (nSPS) is 13.5. The van der Waals surface area contributed by atoms with Crippen LogP contribution in [0.15, 0.2) is 182 Å². The predicted octanol–water partition coefficient (Wildman–Crippen LogP) is 15.2. The summed E-state index contributed by atoms with van der Waals surface area (Å²) in [6.45, 7) is 17.1. The summed E-state index contributed by atoms with van der Waals surface area (Å²) in [7, 11) is 0. The van der Waals surface area contributed by atoms with Crippen LogP contribution in [0.4, 0.5) is 34.4 Å². The third-order valence-electron chi connectivity index (χ3n) is 13.6. The maximum absolute atomic E-state index is 6.35. The fourth-order valence-corrected chi connectivity index (χ4v) is 10.2. The molecule has 2 aliphatic rings. The molecule has 73 heavy (non-hydrogen) atoms. The number of ether oxygens (including phenoxy) is 2. The Morgan fingerprint density at radius 1 is 0.425 bits per heavy atom. The Morgan fingerprint density at radius 3 is 1.47 bits per heavy atom. The number of hydrogen-bond acceptors (Lipinski definition) is 8. The summed E-state index contributed by atoms with van der Waals surface area (Å²) in [6, 6.07) is 64.3. The van der Waals surface area contributed by atoms with Crippen molar-refractivity contribution in [3.63, 3.8) is 0 Å². The minimum Gasteiger partial charge on any atom is -0.509 e. The van der Waals surface area contributed by atoms with E-state index in [1.807, 2.05) is 134 Å². The van der Waals surface area contributed by atoms with E-state index in [0.717, 1.165) is 80.0 Å². The average molecular weight is 1140 g/mol. The monoisotopic (exact) mass is 1140 g/mol. The number of nitrogens with zero attached hydrogens (tertiary/aromatic N) is 8. The number of aromatic nitrogens is 6. The molecule has 6 heterocycles. The number of pyridine rings is 2. The summed E-state index contributed by atoms with van der Waals surface area (Å²) in [5, 5.41) is 9.17. The number of hydrogen-bond donors (Lipinski definition) is 0. The first-order valence-electron chi connectivity index (χ1n) is 24.2. The molecule has 0 bridgehead atoms. The standard InChI is InChI=1S/C31H28N4O.C31H26N4O.Pt/c2*1-21-18-22(2)35(33-21)24-11-8-13-26(20-24)36-25-12-7-10-23(19-25)34-29-16-6-5-14-27(29)31(3,4)28-15-9-17-32-30(28)34;/h5-20H,1-4H3;5-18H,1-4H3;/q;-2;+2. The summed E-state index contributed by atoms with van der Waals surface area (Å²) in [4.78, 5) is 14.0. The first-order chi connectivity index (χ1) is 34.8. The van der Waals surface area contributed by atoms with Gasteiger partial charge in [-0.05, 0) is 105 Å². The van der Waals surface area contributed by atoms with Gasteiger partial charge in [0.15, 0.2) is 0 Å².